The van der Waals surface area contributed by atoms with E-state index in [0.29, 0.717) is 0 Å². The molecule has 4 heteroatoms. The molecule has 0 fully saturated rings. The standard InChI is InChI=1S/C30H24P2.C16H9.C12H7.Ag.Au/c1-5-15-25(16-6-1)31(26-17-7-2-8-18-26)29-23-13-14-24-30(29)32(27-19-9-3-10-20-27)28-21-11-4-12-22-28;1-2-14-15-9-5-3-7-12(15)11-13-8-4-6-10-16(13)14;1-2-10-7-5-8-11-6-3-4-9-12(10)11;;/h1-24H;3-11H;3-9H;;/q;2*-1;2*+1/p+2. The summed E-state index contributed by atoms with van der Waals surface area (Å²) < 4.78 is 0. The molecule has 0 nitrogen and oxygen atoms in total. The van der Waals surface area contributed by atoms with Crippen molar-refractivity contribution in [1.29, 1.82) is 0 Å². The Kier molecular flexibility index (Phi) is 17.1. The molecule has 0 heterocycles. The van der Waals surface area contributed by atoms with Crippen LogP contribution >= 0.6 is 15.8 Å². The molecule has 62 heavy (non-hydrogen) atoms. The van der Waals surface area contributed by atoms with Crippen LogP contribution < -0.4 is 31.8 Å². The van der Waals surface area contributed by atoms with Crippen LogP contribution in [0.25, 0.3) is 32.3 Å². The molecule has 0 atom stereocenters. The summed E-state index contributed by atoms with van der Waals surface area (Å²) in [7, 11) is -2.28. The average Bonchev–Trinajstić information content (AvgIpc) is 3.33. The molecule has 0 amide bonds. The fourth-order valence-electron chi connectivity index (χ4n) is 7.78. The van der Waals surface area contributed by atoms with Crippen LogP contribution in [0.15, 0.2) is 243 Å². The van der Waals surface area contributed by atoms with E-state index in [1.807, 2.05) is 78.9 Å². The predicted molar refractivity (Wildman–Crippen MR) is 265 cm³/mol. The molecule has 10 rings (SSSR count). The molecule has 0 aliphatic heterocycles. The molecule has 0 unspecified atom stereocenters. The Balaban J connectivity index is 0.000000177. The zero-order valence-electron chi connectivity index (χ0n) is 33.7. The monoisotopic (exact) mass is 1100 g/mol. The Labute approximate surface area is 400 Å². The molecule has 0 saturated carbocycles. The summed E-state index contributed by atoms with van der Waals surface area (Å²) in [6.07, 6.45) is 14.5. The van der Waals surface area contributed by atoms with Crippen molar-refractivity contribution >= 4 is 80.0 Å². The molecule has 0 N–H and O–H groups in total. The zero-order chi connectivity index (χ0) is 40.9. The first-order valence-corrected chi connectivity index (χ1v) is 23.0. The fourth-order valence-corrected chi connectivity index (χ4v) is 13.8. The largest absolute Gasteiger partial charge is 1.00 e. The van der Waals surface area contributed by atoms with Gasteiger partial charge in [0.25, 0.3) is 0 Å². The van der Waals surface area contributed by atoms with Crippen molar-refractivity contribution in [2.45, 2.75) is 0 Å². The third-order valence-corrected chi connectivity index (χ3v) is 16.4. The van der Waals surface area contributed by atoms with Gasteiger partial charge in [0.15, 0.2) is 0 Å². The van der Waals surface area contributed by atoms with Gasteiger partial charge in [0.1, 0.15) is 47.7 Å². The third-order valence-electron chi connectivity index (χ3n) is 10.5. The van der Waals surface area contributed by atoms with Crippen LogP contribution in [0.2, 0.25) is 0 Å². The normalized spacial score (nSPS) is 10.3. The summed E-state index contributed by atoms with van der Waals surface area (Å²) in [4.78, 5) is 0. The van der Waals surface area contributed by atoms with Gasteiger partial charge in [-0.25, -0.2) is 0 Å². The minimum atomic E-state index is -1.14. The van der Waals surface area contributed by atoms with E-state index in [2.05, 4.69) is 176 Å². The van der Waals surface area contributed by atoms with Crippen LogP contribution in [-0.4, -0.2) is 0 Å². The second-order valence-electron chi connectivity index (χ2n) is 14.2. The maximum absolute atomic E-state index is 7.46. The zero-order valence-corrected chi connectivity index (χ0v) is 39.3. The quantitative estimate of drug-likeness (QED) is 0.0512. The third kappa shape index (κ3) is 10.7. The van der Waals surface area contributed by atoms with E-state index in [1.54, 1.807) is 0 Å². The van der Waals surface area contributed by atoms with Gasteiger partial charge in [0, 0.05) is 0 Å². The molecule has 10 aromatic rings. The van der Waals surface area contributed by atoms with Crippen LogP contribution in [0.5, 0.6) is 0 Å². The molecule has 10 aromatic carbocycles. The van der Waals surface area contributed by atoms with Crippen molar-refractivity contribution in [3.05, 3.63) is 267 Å². The summed E-state index contributed by atoms with van der Waals surface area (Å²) in [5.74, 6) is 4.98. The Hall–Kier alpha value is -5.56. The van der Waals surface area contributed by atoms with E-state index < -0.39 is 15.8 Å². The summed E-state index contributed by atoms with van der Waals surface area (Å²) in [5.41, 5.74) is 1.74. The van der Waals surface area contributed by atoms with Gasteiger partial charge >= 0.3 is 44.8 Å². The Morgan fingerprint density at radius 2 is 0.629 bits per heavy atom. The van der Waals surface area contributed by atoms with E-state index in [1.165, 1.54) is 31.8 Å². The van der Waals surface area contributed by atoms with Crippen LogP contribution in [-0.2, 0) is 44.8 Å². The Bertz CT molecular complexity index is 2830. The van der Waals surface area contributed by atoms with Gasteiger partial charge in [-0.1, -0.05) is 186 Å². The van der Waals surface area contributed by atoms with Crippen LogP contribution in [0, 0.1) is 24.7 Å². The first kappa shape index (κ1) is 46.0. The van der Waals surface area contributed by atoms with E-state index in [-0.39, 0.29) is 44.8 Å². The number of fused-ring (bicyclic) bond motifs is 3. The first-order chi connectivity index (χ1) is 29.7. The fraction of sp³-hybridized carbons (Fsp3) is 0. The van der Waals surface area contributed by atoms with E-state index in [9.17, 15) is 0 Å². The van der Waals surface area contributed by atoms with Gasteiger partial charge in [0.2, 0.25) is 0 Å². The number of rotatable bonds is 6. The molecule has 0 aliphatic carbocycles. The summed E-state index contributed by atoms with van der Waals surface area (Å²) in [6, 6.07) is 85.7. The SMILES string of the molecule is [Ag+].[Au+].[C-]#Cc1c2ccccc2cc2ccccc12.[C-]#Cc1cccc2ccccc12.c1ccc([PH+](c2ccccc2)c2ccccc2[PH+](c2ccccc2)c2ccccc2)cc1. The average molecular weight is 1110 g/mol. The Morgan fingerprint density at radius 1 is 0.306 bits per heavy atom. The molecular formula is C58H42AgAuP2+2. The van der Waals surface area contributed by atoms with Gasteiger partial charge in [-0.3, -0.25) is 11.8 Å². The van der Waals surface area contributed by atoms with Gasteiger partial charge < -0.3 is 12.8 Å². The number of hydrogen-bond acceptors (Lipinski definition) is 0. The molecule has 0 bridgehead atoms. The van der Waals surface area contributed by atoms with Crippen LogP contribution in [0.3, 0.4) is 0 Å². The van der Waals surface area contributed by atoms with Crippen molar-refractivity contribution in [3.8, 4) is 11.8 Å². The molecule has 0 aromatic heterocycles. The smallest absolute Gasteiger partial charge is 0.366 e. The maximum Gasteiger partial charge on any atom is 1.00 e. The molecule has 0 radical (unpaired) electrons. The van der Waals surface area contributed by atoms with Crippen molar-refractivity contribution in [2.75, 3.05) is 0 Å². The summed E-state index contributed by atoms with van der Waals surface area (Å²) in [5, 5.41) is 15.5. The van der Waals surface area contributed by atoms with Crippen molar-refractivity contribution in [1.82, 2.24) is 0 Å². The predicted octanol–water partition coefficient (Wildman–Crippen LogP) is 11.4. The molecule has 0 spiro atoms. The molecule has 304 valence electrons. The van der Waals surface area contributed by atoms with Gasteiger partial charge in [-0.15, -0.1) is 17.2 Å². The first-order valence-electron chi connectivity index (χ1n) is 20.0. The Morgan fingerprint density at radius 3 is 1.02 bits per heavy atom. The van der Waals surface area contributed by atoms with Gasteiger partial charge in [-0.2, -0.15) is 0 Å². The maximum atomic E-state index is 7.46. The van der Waals surface area contributed by atoms with Gasteiger partial charge in [0.05, 0.1) is 0 Å². The van der Waals surface area contributed by atoms with Crippen molar-refractivity contribution < 1.29 is 44.8 Å². The second-order valence-corrected chi connectivity index (χ2v) is 19.1. The topological polar surface area (TPSA) is 0 Å². The van der Waals surface area contributed by atoms with E-state index in [4.69, 9.17) is 12.8 Å². The second kappa shape index (κ2) is 23.0. The summed E-state index contributed by atoms with van der Waals surface area (Å²) >= 11 is 0. The molecular weight excluding hydrogens is 1060 g/mol. The van der Waals surface area contributed by atoms with E-state index in [0.717, 1.165) is 43.4 Å². The van der Waals surface area contributed by atoms with Crippen molar-refractivity contribution in [2.24, 2.45) is 0 Å². The minimum absolute atomic E-state index is 0. The molecule has 0 aliphatic rings. The van der Waals surface area contributed by atoms with Crippen LogP contribution in [0.1, 0.15) is 11.1 Å². The van der Waals surface area contributed by atoms with Gasteiger partial charge in [-0.05, 0) is 82.9 Å². The minimum Gasteiger partial charge on any atom is -0.366 e. The number of benzene rings is 10. The van der Waals surface area contributed by atoms with Crippen molar-refractivity contribution in [3.63, 3.8) is 0 Å². The van der Waals surface area contributed by atoms with Crippen LogP contribution in [0.4, 0.5) is 0 Å². The molecule has 0 saturated heterocycles. The number of hydrogen-bond donors (Lipinski definition) is 0. The van der Waals surface area contributed by atoms with E-state index >= 15 is 0 Å². The summed E-state index contributed by atoms with van der Waals surface area (Å²) in [6.45, 7) is 0.